The van der Waals surface area contributed by atoms with Gasteiger partial charge >= 0.3 is 0 Å². The number of aromatic amines is 1. The Hall–Kier alpha value is -2.84. The maximum atomic E-state index is 14.1. The third kappa shape index (κ3) is 4.02. The van der Waals surface area contributed by atoms with Gasteiger partial charge in [0.2, 0.25) is 4.80 Å². The third-order valence-corrected chi connectivity index (χ3v) is 5.18. The van der Waals surface area contributed by atoms with Crippen molar-refractivity contribution in [2.24, 2.45) is 10.1 Å². The molecule has 0 amide bonds. The predicted molar refractivity (Wildman–Crippen MR) is 111 cm³/mol. The van der Waals surface area contributed by atoms with E-state index in [1.165, 1.54) is 23.5 Å². The summed E-state index contributed by atoms with van der Waals surface area (Å²) in [4.78, 5) is 7.87. The van der Waals surface area contributed by atoms with E-state index in [-0.39, 0.29) is 5.69 Å². The first-order chi connectivity index (χ1) is 13.6. The molecule has 0 spiro atoms. The lowest BCUT2D eigenvalue weighted by molar-refractivity contribution is 0.584. The van der Waals surface area contributed by atoms with Crippen LogP contribution in [0.3, 0.4) is 0 Å². The molecule has 4 nitrogen and oxygen atoms in total. The van der Waals surface area contributed by atoms with Gasteiger partial charge in [-0.15, -0.1) is 11.3 Å². The Morgan fingerprint density at radius 3 is 2.71 bits per heavy atom. The Morgan fingerprint density at radius 1 is 1.07 bits per heavy atom. The van der Waals surface area contributed by atoms with Crippen molar-refractivity contribution in [3.63, 3.8) is 0 Å². The number of nitrogens with zero attached hydrogens (tertiary/aromatic N) is 3. The quantitative estimate of drug-likeness (QED) is 0.381. The van der Waals surface area contributed by atoms with Crippen molar-refractivity contribution in [3.8, 4) is 11.3 Å². The van der Waals surface area contributed by atoms with E-state index in [2.05, 4.69) is 31.0 Å². The van der Waals surface area contributed by atoms with E-state index >= 15 is 0 Å². The van der Waals surface area contributed by atoms with Crippen LogP contribution in [-0.2, 0) is 0 Å². The van der Waals surface area contributed by atoms with Crippen LogP contribution in [0.2, 0.25) is 0 Å². The smallest absolute Gasteiger partial charge is 0.211 e. The van der Waals surface area contributed by atoms with E-state index in [1.807, 2.05) is 41.8 Å². The minimum absolute atomic E-state index is 0.0489. The summed E-state index contributed by atoms with van der Waals surface area (Å²) < 4.78 is 29.8. The van der Waals surface area contributed by atoms with E-state index in [0.29, 0.717) is 4.80 Å². The van der Waals surface area contributed by atoms with Crippen molar-refractivity contribution in [3.05, 3.63) is 92.8 Å². The van der Waals surface area contributed by atoms with Gasteiger partial charge in [-0.1, -0.05) is 28.1 Å². The second-order valence-corrected chi connectivity index (χ2v) is 7.56. The van der Waals surface area contributed by atoms with Crippen LogP contribution >= 0.6 is 27.3 Å². The molecule has 28 heavy (non-hydrogen) atoms. The minimum atomic E-state index is -0.725. The van der Waals surface area contributed by atoms with Crippen LogP contribution in [-0.4, -0.2) is 15.9 Å². The second kappa shape index (κ2) is 8.04. The lowest BCUT2D eigenvalue weighted by Crippen LogP contribution is -2.11. The van der Waals surface area contributed by atoms with Crippen molar-refractivity contribution in [1.29, 1.82) is 0 Å². The number of aromatic nitrogens is 2. The van der Waals surface area contributed by atoms with Gasteiger partial charge in [-0.2, -0.15) is 5.10 Å². The highest BCUT2D eigenvalue weighted by Crippen LogP contribution is 2.24. The van der Waals surface area contributed by atoms with Crippen molar-refractivity contribution in [2.75, 3.05) is 0 Å². The average molecular weight is 459 g/mol. The molecule has 4 rings (SSSR count). The summed E-state index contributed by atoms with van der Waals surface area (Å²) in [5.74, 6) is -1.37. The normalized spacial score (nSPS) is 12.2. The molecule has 0 aliphatic rings. The van der Waals surface area contributed by atoms with E-state index in [0.717, 1.165) is 27.5 Å². The molecule has 0 aliphatic carbocycles. The number of halogens is 3. The summed E-state index contributed by atoms with van der Waals surface area (Å²) >= 11 is 4.79. The SMILES string of the molecule is Fc1ccc(N=c2scc(-c3cccc(Br)c3)n2N=Cc2ccc[nH]2)c(F)c1. The Kier molecular flexibility index (Phi) is 5.31. The lowest BCUT2D eigenvalue weighted by atomic mass is 10.2. The van der Waals surface area contributed by atoms with Crippen molar-refractivity contribution in [2.45, 2.75) is 0 Å². The maximum absolute atomic E-state index is 14.1. The molecule has 0 atom stereocenters. The Morgan fingerprint density at radius 2 is 1.96 bits per heavy atom. The van der Waals surface area contributed by atoms with E-state index in [1.54, 1.807) is 17.1 Å². The van der Waals surface area contributed by atoms with Crippen LogP contribution in [0, 0.1) is 11.6 Å². The summed E-state index contributed by atoms with van der Waals surface area (Å²) in [6.45, 7) is 0. The van der Waals surface area contributed by atoms with Gasteiger partial charge in [0.25, 0.3) is 0 Å². The number of thiazole rings is 1. The fourth-order valence-electron chi connectivity index (χ4n) is 2.55. The first-order valence-corrected chi connectivity index (χ1v) is 9.91. The maximum Gasteiger partial charge on any atom is 0.211 e. The number of benzene rings is 2. The van der Waals surface area contributed by atoms with Crippen LogP contribution in [0.5, 0.6) is 0 Å². The third-order valence-electron chi connectivity index (χ3n) is 3.87. The molecule has 0 saturated heterocycles. The first-order valence-electron chi connectivity index (χ1n) is 8.24. The van der Waals surface area contributed by atoms with E-state index in [9.17, 15) is 8.78 Å². The number of H-pyrrole nitrogens is 1. The van der Waals surface area contributed by atoms with Gasteiger partial charge < -0.3 is 4.98 Å². The predicted octanol–water partition coefficient (Wildman–Crippen LogP) is 5.70. The molecule has 0 saturated carbocycles. The van der Waals surface area contributed by atoms with Crippen LogP contribution in [0.25, 0.3) is 11.3 Å². The Labute approximate surface area is 171 Å². The Bertz CT molecular complexity index is 1210. The molecule has 2 aromatic heterocycles. The highest BCUT2D eigenvalue weighted by molar-refractivity contribution is 9.10. The van der Waals surface area contributed by atoms with Crippen LogP contribution in [0.1, 0.15) is 5.69 Å². The van der Waals surface area contributed by atoms with Crippen LogP contribution in [0.4, 0.5) is 14.5 Å². The molecule has 0 unspecified atom stereocenters. The van der Waals surface area contributed by atoms with Crippen molar-refractivity contribution < 1.29 is 8.78 Å². The molecule has 1 N–H and O–H groups in total. The summed E-state index contributed by atoms with van der Waals surface area (Å²) in [5.41, 5.74) is 2.59. The van der Waals surface area contributed by atoms with E-state index in [4.69, 9.17) is 0 Å². The first kappa shape index (κ1) is 18.5. The van der Waals surface area contributed by atoms with Gasteiger partial charge in [-0.25, -0.2) is 18.4 Å². The fourth-order valence-corrected chi connectivity index (χ4v) is 3.80. The fraction of sp³-hybridized carbons (Fsp3) is 0. The molecule has 2 aromatic carbocycles. The Balaban J connectivity index is 1.87. The number of nitrogens with one attached hydrogen (secondary N) is 1. The zero-order chi connectivity index (χ0) is 19.5. The minimum Gasteiger partial charge on any atom is -0.360 e. The topological polar surface area (TPSA) is 45.4 Å². The molecule has 0 radical (unpaired) electrons. The summed E-state index contributed by atoms with van der Waals surface area (Å²) in [7, 11) is 0. The monoisotopic (exact) mass is 458 g/mol. The lowest BCUT2D eigenvalue weighted by Gasteiger charge is -2.04. The number of hydrogen-bond donors (Lipinski definition) is 1. The van der Waals surface area contributed by atoms with Crippen molar-refractivity contribution in [1.82, 2.24) is 9.66 Å². The zero-order valence-electron chi connectivity index (χ0n) is 14.3. The highest BCUT2D eigenvalue weighted by atomic mass is 79.9. The molecule has 2 heterocycles. The van der Waals surface area contributed by atoms with Gasteiger partial charge in [0, 0.05) is 27.7 Å². The molecule has 4 aromatic rings. The summed E-state index contributed by atoms with van der Waals surface area (Å²) in [6, 6.07) is 14.8. The molecular formula is C20H13BrF2N4S. The van der Waals surface area contributed by atoms with Gasteiger partial charge in [0.15, 0.2) is 5.82 Å². The second-order valence-electron chi connectivity index (χ2n) is 5.80. The number of hydrogen-bond acceptors (Lipinski definition) is 3. The van der Waals surface area contributed by atoms with Gasteiger partial charge in [-0.05, 0) is 36.4 Å². The van der Waals surface area contributed by atoms with Gasteiger partial charge in [-0.3, -0.25) is 0 Å². The highest BCUT2D eigenvalue weighted by Gasteiger charge is 2.09. The summed E-state index contributed by atoms with van der Waals surface area (Å²) in [6.07, 6.45) is 3.46. The standard InChI is InChI=1S/C20H13BrF2N4S/c21-14-4-1-3-13(9-14)19-12-28-20(26-18-7-6-15(22)10-17(18)23)27(19)25-11-16-5-2-8-24-16/h1-12,24H. The molecular weight excluding hydrogens is 446 g/mol. The summed E-state index contributed by atoms with van der Waals surface area (Å²) in [5, 5.41) is 6.42. The molecule has 8 heteroatoms. The molecule has 0 aliphatic heterocycles. The van der Waals surface area contributed by atoms with Crippen molar-refractivity contribution >= 4 is 39.2 Å². The largest absolute Gasteiger partial charge is 0.360 e. The number of rotatable bonds is 4. The molecule has 0 bridgehead atoms. The van der Waals surface area contributed by atoms with Gasteiger partial charge in [0.05, 0.1) is 17.6 Å². The average Bonchev–Trinajstić information content (AvgIpc) is 3.32. The molecule has 0 fully saturated rings. The molecule has 140 valence electrons. The van der Waals surface area contributed by atoms with Gasteiger partial charge in [0.1, 0.15) is 11.5 Å². The zero-order valence-corrected chi connectivity index (χ0v) is 16.7. The van der Waals surface area contributed by atoms with Crippen LogP contribution in [0.15, 0.2) is 80.7 Å². The van der Waals surface area contributed by atoms with Crippen LogP contribution < -0.4 is 4.80 Å². The van der Waals surface area contributed by atoms with E-state index < -0.39 is 11.6 Å².